The zero-order valence-electron chi connectivity index (χ0n) is 67.2. The molecule has 43 heteroatoms. The van der Waals surface area contributed by atoms with Gasteiger partial charge < -0.3 is 139 Å². The summed E-state index contributed by atoms with van der Waals surface area (Å²) in [5.74, 6) is -10.7. The molecule has 0 radical (unpaired) electrons. The van der Waals surface area contributed by atoms with E-state index in [0.717, 1.165) is 91.2 Å². The van der Waals surface area contributed by atoms with Crippen molar-refractivity contribution in [2.45, 2.75) is 296 Å². The number of likely N-dealkylation sites (tertiary alicyclic amines) is 1. The van der Waals surface area contributed by atoms with E-state index < -0.39 is 259 Å². The Morgan fingerprint density at radius 2 is 1.01 bits per heavy atom. The van der Waals surface area contributed by atoms with Crippen molar-refractivity contribution in [3.63, 3.8) is 0 Å². The molecule has 23 unspecified atom stereocenters. The molecule has 2 amide bonds. The minimum absolute atomic E-state index is 0.202. The van der Waals surface area contributed by atoms with E-state index in [1.54, 1.807) is 13.8 Å². The van der Waals surface area contributed by atoms with Gasteiger partial charge in [-0.2, -0.15) is 0 Å². The molecule has 118 heavy (non-hydrogen) atoms. The van der Waals surface area contributed by atoms with Crippen molar-refractivity contribution < 1.29 is 151 Å². The third kappa shape index (κ3) is 23.3. The smallest absolute Gasteiger partial charge is 0.356 e. The number of aliphatic hydroxyl groups is 9. The zero-order valence-corrected chi connectivity index (χ0v) is 67.2. The van der Waals surface area contributed by atoms with Crippen LogP contribution in [0.15, 0.2) is 55.2 Å². The predicted octanol–water partition coefficient (Wildman–Crippen LogP) is -3.54. The number of carbonyl (C=O) groups excluding carboxylic acids is 5. The SMILES string of the molecule is CN1C(=O)[C@H]([C@H](OC2OC(CN)C(O)C2O)C2OC(n3ccc(=O)[nH]c3=O)C(O)C2O)CCC(O)=C1C(=O)O.COC1C(C)OC(OC(=O)CC(C)CC(=O)OC(CCCCCCCCCCC(C)C)CC(=O)O[C@H]2CC[C@@H]([C@H](OC3OC(CN)C(O)C3O)C3OC(n4ccc(=O)[nH]c4=O)C(O)C3O)C(=O)N(C)[C@@H]2C(=O)O)C(OC)C1OC. The Kier molecular flexibility index (Phi) is 35.5. The summed E-state index contributed by atoms with van der Waals surface area (Å²) in [6, 6.07) is 0.143. The summed E-state index contributed by atoms with van der Waals surface area (Å²) in [6.07, 6.45) is -26.2. The van der Waals surface area contributed by atoms with E-state index in [9.17, 15) is 109 Å². The third-order valence-electron chi connectivity index (χ3n) is 22.4. The molecule has 0 saturated carbocycles. The third-order valence-corrected chi connectivity index (χ3v) is 22.4. The molecule has 7 aliphatic rings. The van der Waals surface area contributed by atoms with Gasteiger partial charge in [0, 0.05) is 92.3 Å². The van der Waals surface area contributed by atoms with Gasteiger partial charge in [-0.05, 0) is 50.9 Å². The second-order valence-corrected chi connectivity index (χ2v) is 31.2. The number of carbonyl (C=O) groups is 7. The summed E-state index contributed by atoms with van der Waals surface area (Å²) in [5, 5.41) is 117. The predicted molar refractivity (Wildman–Crippen MR) is 400 cm³/mol. The monoisotopic (exact) mass is 1690 g/mol. The Balaban J connectivity index is 0.000000369. The fourth-order valence-corrected chi connectivity index (χ4v) is 16.0. The van der Waals surface area contributed by atoms with Crippen molar-refractivity contribution in [1.82, 2.24) is 28.9 Å². The van der Waals surface area contributed by atoms with Crippen LogP contribution in [0.5, 0.6) is 0 Å². The number of rotatable bonds is 37. The fourth-order valence-electron chi connectivity index (χ4n) is 16.0. The number of carboxylic acids is 2. The van der Waals surface area contributed by atoms with Gasteiger partial charge in [-0.3, -0.25) is 52.7 Å². The van der Waals surface area contributed by atoms with Gasteiger partial charge in [0.15, 0.2) is 36.8 Å². The Morgan fingerprint density at radius 1 is 0.542 bits per heavy atom. The number of hydrogen-bond donors (Lipinski definition) is 15. The van der Waals surface area contributed by atoms with E-state index in [1.165, 1.54) is 34.2 Å². The minimum atomic E-state index is -1.93. The van der Waals surface area contributed by atoms with Crippen LogP contribution in [-0.4, -0.2) is 322 Å². The van der Waals surface area contributed by atoms with Gasteiger partial charge in [0.05, 0.1) is 24.4 Å². The van der Waals surface area contributed by atoms with Crippen molar-refractivity contribution in [3.05, 3.63) is 77.7 Å². The number of aromatic nitrogens is 4. The normalized spacial score (nSPS) is 33.6. The highest BCUT2D eigenvalue weighted by Crippen LogP contribution is 2.42. The molecule has 2 aromatic heterocycles. The molecule has 2 aromatic rings. The highest BCUT2D eigenvalue weighted by Gasteiger charge is 2.58. The summed E-state index contributed by atoms with van der Waals surface area (Å²) >= 11 is 0. The van der Waals surface area contributed by atoms with E-state index in [4.69, 9.17) is 73.0 Å². The first-order chi connectivity index (χ1) is 55.9. The van der Waals surface area contributed by atoms with Gasteiger partial charge in [0.1, 0.15) is 122 Å². The number of H-pyrrole nitrogens is 2. The molecule has 0 aromatic carbocycles. The fraction of sp³-hybridized carbons (Fsp3) is 0.773. The number of esters is 3. The number of aliphatic carboxylic acids is 2. The van der Waals surface area contributed by atoms with E-state index in [1.807, 2.05) is 9.97 Å². The van der Waals surface area contributed by atoms with E-state index >= 15 is 0 Å². The highest BCUT2D eigenvalue weighted by atomic mass is 16.7. The lowest BCUT2D eigenvalue weighted by Crippen LogP contribution is -2.59. The largest absolute Gasteiger partial charge is 0.510 e. The number of carboxylic acid groups (broad SMARTS) is 2. The molecule has 0 aliphatic carbocycles. The summed E-state index contributed by atoms with van der Waals surface area (Å²) in [4.78, 5) is 148. The molecule has 9 rings (SSSR count). The Morgan fingerprint density at radius 3 is 1.46 bits per heavy atom. The number of amides is 2. The van der Waals surface area contributed by atoms with Crippen LogP contribution in [0.4, 0.5) is 0 Å². The number of likely N-dealkylation sites (N-methyl/N-ethyl adjacent to an activating group) is 2. The molecule has 0 spiro atoms. The van der Waals surface area contributed by atoms with Crippen LogP contribution in [0.3, 0.4) is 0 Å². The van der Waals surface area contributed by atoms with Crippen molar-refractivity contribution in [1.29, 1.82) is 0 Å². The van der Waals surface area contributed by atoms with Crippen LogP contribution in [-0.2, 0) is 95.1 Å². The van der Waals surface area contributed by atoms with Gasteiger partial charge in [-0.1, -0.05) is 72.1 Å². The second-order valence-electron chi connectivity index (χ2n) is 31.2. The van der Waals surface area contributed by atoms with E-state index in [-0.39, 0.29) is 58.0 Å². The number of aliphatic hydroxyl groups excluding tert-OH is 9. The number of nitrogens with zero attached hydrogens (tertiary/aromatic N) is 4. The van der Waals surface area contributed by atoms with Crippen LogP contribution < -0.4 is 34.0 Å². The van der Waals surface area contributed by atoms with Gasteiger partial charge in [0.25, 0.3) is 11.1 Å². The molecule has 0 bridgehead atoms. The average Bonchev–Trinajstić information content (AvgIpc) is 1.61. The first-order valence-electron chi connectivity index (χ1n) is 39.6. The molecule has 7 aliphatic heterocycles. The second kappa shape index (κ2) is 43.8. The molecule has 666 valence electrons. The lowest BCUT2D eigenvalue weighted by atomic mass is 9.89. The Hall–Kier alpha value is -7.61. The molecule has 43 nitrogen and oxygen atoms in total. The number of aromatic amines is 2. The van der Waals surface area contributed by atoms with Crippen LogP contribution in [0.1, 0.15) is 149 Å². The van der Waals surface area contributed by atoms with Crippen LogP contribution in [0.2, 0.25) is 0 Å². The van der Waals surface area contributed by atoms with Crippen molar-refractivity contribution in [2.75, 3.05) is 48.5 Å². The van der Waals surface area contributed by atoms with Gasteiger partial charge in [-0.25, -0.2) is 19.2 Å². The molecule has 6 saturated heterocycles. The molecule has 9 heterocycles. The molecule has 29 atom stereocenters. The summed E-state index contributed by atoms with van der Waals surface area (Å²) < 4.78 is 76.6. The van der Waals surface area contributed by atoms with Gasteiger partial charge in [-0.15, -0.1) is 0 Å². The first-order valence-corrected chi connectivity index (χ1v) is 39.6. The number of ether oxygens (including phenoxy) is 13. The lowest BCUT2D eigenvalue weighted by molar-refractivity contribution is -0.297. The number of hydrogen-bond acceptors (Lipinski definition) is 35. The topological polar surface area (TPSA) is 630 Å². The quantitative estimate of drug-likeness (QED) is 0.0177. The molecular weight excluding hydrogens is 1570 g/mol. The molecule has 6 fully saturated rings. The number of allylic oxidation sites excluding steroid dienone is 1. The molecule has 17 N–H and O–H groups in total. The van der Waals surface area contributed by atoms with Crippen LogP contribution in [0, 0.1) is 23.7 Å². The summed E-state index contributed by atoms with van der Waals surface area (Å²) in [6.45, 7) is 7.34. The number of unbranched alkanes of at least 4 members (excludes halogenated alkanes) is 7. The maximum atomic E-state index is 14.6. The standard InChI is InChI=1S/C53H86N4O22.C22H30N4O13/c1-27(2)17-15-13-11-9-10-12-14-16-18-30(74-35(59)23-28(3)24-36(60)77-52-47(72-8)46(71-7)43(70-6)29(4)73-52)25-37(61)75-32-20-19-31(48(66)56(5)38(32)50(67)68)44(79-51-42(65)39(62)33(26-54)76-51)45-40(63)41(64)49(78-45)57-22-21-34(58)55-53(57)69;1-25-11(20(34)35)8(27)3-2-7(18(25)33)16(39-21-15(32)12(29)9(6-23)37-21)17-13(30)14(31)19(38-17)26-5-4-10(28)24-22(26)36/h21-22,27-33,38-47,49,51-52,62-65H,9-20,23-26,54H2,1-8H3,(H,67,68)(H,55,58,69);4-5,7,9,12-17,19,21,27,29-32H,2-3,6,23H2,1H3,(H,34,35)(H,24,28,36)/t28?,29?,30?,31-,32-,33?,38-,39?,40?,41?,42?,43?,44-,45?,46?,47?,49?,51?,52?;7-,9?,12?,13?,14?,15?,16-,17?,19?,21?/m00/s1. The maximum Gasteiger partial charge on any atom is 0.356 e. The van der Waals surface area contributed by atoms with E-state index in [2.05, 4.69) is 13.8 Å². The van der Waals surface area contributed by atoms with Crippen LogP contribution in [0.25, 0.3) is 0 Å². The first kappa shape index (κ1) is 95.9. The Bertz CT molecular complexity index is 3950. The van der Waals surface area contributed by atoms with Crippen molar-refractivity contribution in [2.24, 2.45) is 35.1 Å². The summed E-state index contributed by atoms with van der Waals surface area (Å²) in [5.41, 5.74) is 7.14. The maximum absolute atomic E-state index is 14.6. The number of methoxy groups -OCH3 is 3. The highest BCUT2D eigenvalue weighted by molar-refractivity contribution is 5.94. The minimum Gasteiger partial charge on any atom is -0.510 e. The average molecular weight is 1690 g/mol. The number of nitrogens with two attached hydrogens (primary N) is 2. The van der Waals surface area contributed by atoms with Crippen molar-refractivity contribution in [3.8, 4) is 0 Å². The lowest BCUT2D eigenvalue weighted by Gasteiger charge is -2.43. The van der Waals surface area contributed by atoms with Gasteiger partial charge in [0.2, 0.25) is 18.1 Å². The molecular formula is C75H116N8O35. The van der Waals surface area contributed by atoms with Crippen molar-refractivity contribution >= 4 is 41.7 Å². The van der Waals surface area contributed by atoms with Gasteiger partial charge >= 0.3 is 41.2 Å². The Labute approximate surface area is 677 Å². The van der Waals surface area contributed by atoms with E-state index in [0.29, 0.717) is 17.2 Å². The number of nitrogens with one attached hydrogen (secondary N) is 2. The summed E-state index contributed by atoms with van der Waals surface area (Å²) in [7, 11) is 6.66. The van der Waals surface area contributed by atoms with Crippen LogP contribution >= 0.6 is 0 Å². The zero-order chi connectivity index (χ0) is 87.0.